The standard InChI is InChI=1S/C32H21N3S/c1-2-8-18(9-3-1)19-14-15-23-24(16-19)34-32-30(33-23)22-17-27-28(21-11-5-7-13-26(21)36-27)29-20-10-4-6-12-25(20)35(32)31(22)29/h1-17,23-24,33-34H. The van der Waals surface area contributed by atoms with Crippen LogP contribution < -0.4 is 10.6 Å². The summed E-state index contributed by atoms with van der Waals surface area (Å²) in [5.74, 6) is 1.17. The second-order valence-electron chi connectivity index (χ2n) is 9.88. The van der Waals surface area contributed by atoms with Crippen LogP contribution in [0.2, 0.25) is 0 Å². The zero-order chi connectivity index (χ0) is 23.4. The monoisotopic (exact) mass is 479 g/mol. The number of benzene rings is 4. The number of nitrogens with zero attached hydrogens (tertiary/aromatic N) is 1. The molecule has 4 aromatic carbocycles. The number of fused-ring (bicyclic) bond motifs is 11. The van der Waals surface area contributed by atoms with Crippen LogP contribution in [0.4, 0.5) is 11.5 Å². The van der Waals surface area contributed by atoms with Gasteiger partial charge >= 0.3 is 0 Å². The smallest absolute Gasteiger partial charge is 0.136 e. The maximum absolute atomic E-state index is 3.94. The second kappa shape index (κ2) is 6.68. The van der Waals surface area contributed by atoms with Crippen LogP contribution >= 0.6 is 11.3 Å². The number of anilines is 2. The van der Waals surface area contributed by atoms with Gasteiger partial charge in [-0.25, -0.2) is 0 Å². The van der Waals surface area contributed by atoms with E-state index in [1.54, 1.807) is 0 Å². The Balaban J connectivity index is 1.35. The highest BCUT2D eigenvalue weighted by Crippen LogP contribution is 2.51. The fourth-order valence-electron chi connectivity index (χ4n) is 6.41. The molecule has 7 aromatic rings. The zero-order valence-corrected chi connectivity index (χ0v) is 20.1. The predicted molar refractivity (Wildman–Crippen MR) is 155 cm³/mol. The van der Waals surface area contributed by atoms with Crippen molar-refractivity contribution in [3.63, 3.8) is 0 Å². The summed E-state index contributed by atoms with van der Waals surface area (Å²) in [4.78, 5) is 0. The van der Waals surface area contributed by atoms with Gasteiger partial charge in [-0.2, -0.15) is 0 Å². The zero-order valence-electron chi connectivity index (χ0n) is 19.3. The molecule has 0 fully saturated rings. The Kier molecular flexibility index (Phi) is 3.52. The molecule has 0 amide bonds. The fraction of sp³-hybridized carbons (Fsp3) is 0.0625. The minimum absolute atomic E-state index is 0.177. The van der Waals surface area contributed by atoms with Gasteiger partial charge in [-0.3, -0.25) is 4.40 Å². The van der Waals surface area contributed by atoms with Crippen LogP contribution in [0.5, 0.6) is 0 Å². The SMILES string of the molecule is C1=CC2Nc3c(n4c5ccccc5c5c6c(cc3c54)sc3ccccc36)NC2C=C1c1ccccc1. The molecule has 4 heteroatoms. The molecule has 2 N–H and O–H groups in total. The Morgan fingerprint density at radius 2 is 1.50 bits per heavy atom. The van der Waals surface area contributed by atoms with E-state index < -0.39 is 0 Å². The Morgan fingerprint density at radius 3 is 2.42 bits per heavy atom. The van der Waals surface area contributed by atoms with E-state index in [4.69, 9.17) is 0 Å². The van der Waals surface area contributed by atoms with Crippen LogP contribution in [0.25, 0.3) is 52.9 Å². The first-order valence-electron chi connectivity index (χ1n) is 12.5. The van der Waals surface area contributed by atoms with Crippen LogP contribution in [-0.2, 0) is 0 Å². The van der Waals surface area contributed by atoms with Crippen LogP contribution in [0.3, 0.4) is 0 Å². The number of thiophene rings is 1. The molecule has 0 spiro atoms. The third-order valence-corrected chi connectivity index (χ3v) is 9.08. The molecular weight excluding hydrogens is 458 g/mol. The molecule has 9 rings (SSSR count). The van der Waals surface area contributed by atoms with Gasteiger partial charge in [0, 0.05) is 36.3 Å². The molecule has 1 aliphatic carbocycles. The highest BCUT2D eigenvalue weighted by atomic mass is 32.1. The summed E-state index contributed by atoms with van der Waals surface area (Å²) in [6.45, 7) is 0. The van der Waals surface area contributed by atoms with Gasteiger partial charge in [0.05, 0.1) is 28.8 Å². The molecule has 0 saturated heterocycles. The molecule has 0 radical (unpaired) electrons. The van der Waals surface area contributed by atoms with Crippen LogP contribution in [0, 0.1) is 0 Å². The van der Waals surface area contributed by atoms with Gasteiger partial charge in [-0.1, -0.05) is 85.0 Å². The second-order valence-corrected chi connectivity index (χ2v) is 11.0. The molecule has 4 heterocycles. The molecule has 2 atom stereocenters. The molecule has 2 unspecified atom stereocenters. The van der Waals surface area contributed by atoms with Crippen molar-refractivity contribution in [1.82, 2.24) is 4.40 Å². The number of allylic oxidation sites excluding steroid dienone is 2. The number of aromatic nitrogens is 1. The van der Waals surface area contributed by atoms with E-state index in [2.05, 4.69) is 118 Å². The Morgan fingerprint density at radius 1 is 0.694 bits per heavy atom. The van der Waals surface area contributed by atoms with Crippen LogP contribution in [0.15, 0.2) is 103 Å². The molecule has 3 nitrogen and oxygen atoms in total. The first kappa shape index (κ1) is 19.0. The summed E-state index contributed by atoms with van der Waals surface area (Å²) < 4.78 is 5.16. The van der Waals surface area contributed by atoms with E-state index in [0.29, 0.717) is 0 Å². The predicted octanol–water partition coefficient (Wildman–Crippen LogP) is 8.28. The number of para-hydroxylation sites is 1. The minimum atomic E-state index is 0.177. The summed E-state index contributed by atoms with van der Waals surface area (Å²) in [5, 5.41) is 14.6. The van der Waals surface area contributed by atoms with Gasteiger partial charge in [0.25, 0.3) is 0 Å². The van der Waals surface area contributed by atoms with Crippen molar-refractivity contribution in [2.24, 2.45) is 0 Å². The average Bonchev–Trinajstić information content (AvgIpc) is 3.57. The first-order chi connectivity index (χ1) is 17.8. The molecule has 170 valence electrons. The number of nitrogens with one attached hydrogen (secondary N) is 2. The van der Waals surface area contributed by atoms with E-state index in [9.17, 15) is 0 Å². The van der Waals surface area contributed by atoms with Gasteiger partial charge in [-0.15, -0.1) is 11.3 Å². The summed E-state index contributed by atoms with van der Waals surface area (Å²) in [6, 6.07) is 31.1. The summed E-state index contributed by atoms with van der Waals surface area (Å²) in [6.07, 6.45) is 6.94. The number of hydrogen-bond acceptors (Lipinski definition) is 3. The highest BCUT2D eigenvalue weighted by molar-refractivity contribution is 7.26. The number of hydrogen-bond donors (Lipinski definition) is 2. The van der Waals surface area contributed by atoms with Crippen molar-refractivity contribution >= 4 is 75.8 Å². The Bertz CT molecular complexity index is 2060. The van der Waals surface area contributed by atoms with Gasteiger partial charge in [0.1, 0.15) is 5.82 Å². The lowest BCUT2D eigenvalue weighted by atomic mass is 9.92. The Labute approximate surface area is 211 Å². The average molecular weight is 480 g/mol. The third-order valence-electron chi connectivity index (χ3n) is 7.96. The topological polar surface area (TPSA) is 28.5 Å². The van der Waals surface area contributed by atoms with Gasteiger partial charge in [0.15, 0.2) is 0 Å². The summed E-state index contributed by atoms with van der Waals surface area (Å²) in [7, 11) is 0. The molecule has 2 aliphatic rings. The van der Waals surface area contributed by atoms with Gasteiger partial charge < -0.3 is 10.6 Å². The molecule has 36 heavy (non-hydrogen) atoms. The van der Waals surface area contributed by atoms with E-state index in [1.807, 2.05) is 11.3 Å². The summed E-state index contributed by atoms with van der Waals surface area (Å²) >= 11 is 1.90. The minimum Gasteiger partial charge on any atom is -0.373 e. The van der Waals surface area contributed by atoms with Gasteiger partial charge in [-0.05, 0) is 29.3 Å². The van der Waals surface area contributed by atoms with E-state index >= 15 is 0 Å². The van der Waals surface area contributed by atoms with Crippen molar-refractivity contribution in [2.75, 3.05) is 10.6 Å². The molecule has 0 bridgehead atoms. The largest absolute Gasteiger partial charge is 0.373 e. The molecular formula is C32H21N3S. The summed E-state index contributed by atoms with van der Waals surface area (Å²) in [5.41, 5.74) is 6.30. The number of rotatable bonds is 1. The lowest BCUT2D eigenvalue weighted by molar-refractivity contribution is 0.762. The van der Waals surface area contributed by atoms with Crippen molar-refractivity contribution in [3.8, 4) is 0 Å². The first-order valence-corrected chi connectivity index (χ1v) is 13.3. The van der Waals surface area contributed by atoms with Crippen LogP contribution in [-0.4, -0.2) is 16.5 Å². The lowest BCUT2D eigenvalue weighted by Crippen LogP contribution is -2.42. The van der Waals surface area contributed by atoms with Crippen molar-refractivity contribution in [2.45, 2.75) is 12.1 Å². The maximum Gasteiger partial charge on any atom is 0.136 e. The van der Waals surface area contributed by atoms with Gasteiger partial charge in [0.2, 0.25) is 0 Å². The van der Waals surface area contributed by atoms with E-state index in [1.165, 1.54) is 70.0 Å². The quantitative estimate of drug-likeness (QED) is 0.248. The van der Waals surface area contributed by atoms with E-state index in [-0.39, 0.29) is 12.1 Å². The van der Waals surface area contributed by atoms with Crippen LogP contribution in [0.1, 0.15) is 5.56 Å². The van der Waals surface area contributed by atoms with Crippen molar-refractivity contribution in [1.29, 1.82) is 0 Å². The highest BCUT2D eigenvalue weighted by Gasteiger charge is 2.33. The Hall–Kier alpha value is -4.28. The molecule has 1 aliphatic heterocycles. The van der Waals surface area contributed by atoms with Crippen molar-refractivity contribution < 1.29 is 0 Å². The normalized spacial score (nSPS) is 19.1. The lowest BCUT2D eigenvalue weighted by Gasteiger charge is -2.34. The van der Waals surface area contributed by atoms with Crippen molar-refractivity contribution in [3.05, 3.63) is 109 Å². The molecule has 0 saturated carbocycles. The van der Waals surface area contributed by atoms with E-state index in [0.717, 1.165) is 0 Å². The maximum atomic E-state index is 3.94. The third kappa shape index (κ3) is 2.32. The fourth-order valence-corrected chi connectivity index (χ4v) is 7.57. The molecule has 3 aromatic heterocycles.